The summed E-state index contributed by atoms with van der Waals surface area (Å²) < 4.78 is 5.62. The fourth-order valence-electron chi connectivity index (χ4n) is 3.99. The van der Waals surface area contributed by atoms with Crippen LogP contribution in [0.2, 0.25) is 0 Å². The van der Waals surface area contributed by atoms with Gasteiger partial charge in [-0.05, 0) is 43.5 Å². The van der Waals surface area contributed by atoms with Gasteiger partial charge in [0.05, 0.1) is 5.71 Å². The van der Waals surface area contributed by atoms with E-state index in [9.17, 15) is 4.79 Å². The molecule has 0 bridgehead atoms. The zero-order valence-corrected chi connectivity index (χ0v) is 18.0. The standard InChI is InChI=1S/C23H30N6O2/c1-17-25-26-22(31-17)20-16-21(27-29(23(20)30)15-5-3-2-4-12-24)18-8-10-19(11-9-18)28-13-6-7-14-28/h6,8-11,13,20H,2-5,7,12,14-16,24H2,1H3. The summed E-state index contributed by atoms with van der Waals surface area (Å²) in [7, 11) is 0. The van der Waals surface area contributed by atoms with Gasteiger partial charge in [0.15, 0.2) is 0 Å². The first-order chi connectivity index (χ1) is 15.2. The summed E-state index contributed by atoms with van der Waals surface area (Å²) in [6, 6.07) is 8.36. The van der Waals surface area contributed by atoms with E-state index < -0.39 is 5.92 Å². The Morgan fingerprint density at radius 2 is 1.94 bits per heavy atom. The number of hydrogen-bond acceptors (Lipinski definition) is 7. The minimum Gasteiger partial charge on any atom is -0.425 e. The number of amides is 1. The summed E-state index contributed by atoms with van der Waals surface area (Å²) in [5.74, 6) is 0.244. The molecule has 2 aromatic rings. The molecule has 1 amide bonds. The van der Waals surface area contributed by atoms with Crippen molar-refractivity contribution in [3.63, 3.8) is 0 Å². The Bertz CT molecular complexity index is 949. The van der Waals surface area contributed by atoms with Gasteiger partial charge in [-0.3, -0.25) is 4.79 Å². The molecular weight excluding hydrogens is 392 g/mol. The van der Waals surface area contributed by atoms with E-state index >= 15 is 0 Å². The SMILES string of the molecule is Cc1nnc(C2CC(c3ccc(N4C=CCC4)cc3)=NN(CCCCCCN)C2=O)o1. The number of hydrogen-bond donors (Lipinski definition) is 1. The number of carbonyl (C=O) groups is 1. The molecule has 0 radical (unpaired) electrons. The smallest absolute Gasteiger partial charge is 0.255 e. The number of nitrogens with zero attached hydrogens (tertiary/aromatic N) is 5. The van der Waals surface area contributed by atoms with Gasteiger partial charge in [0, 0.05) is 38.3 Å². The van der Waals surface area contributed by atoms with E-state index in [2.05, 4.69) is 51.6 Å². The highest BCUT2D eigenvalue weighted by molar-refractivity contribution is 6.06. The van der Waals surface area contributed by atoms with Crippen LogP contribution in [-0.4, -0.2) is 46.5 Å². The molecule has 0 fully saturated rings. The second-order valence-corrected chi connectivity index (χ2v) is 8.04. The molecule has 1 aromatic carbocycles. The van der Waals surface area contributed by atoms with Crippen LogP contribution in [0.1, 0.15) is 61.8 Å². The molecule has 164 valence electrons. The van der Waals surface area contributed by atoms with E-state index in [0.29, 0.717) is 31.3 Å². The molecule has 0 aliphatic carbocycles. The van der Waals surface area contributed by atoms with Gasteiger partial charge in [-0.15, -0.1) is 10.2 Å². The monoisotopic (exact) mass is 422 g/mol. The van der Waals surface area contributed by atoms with Crippen LogP contribution in [0.4, 0.5) is 5.69 Å². The van der Waals surface area contributed by atoms with Crippen LogP contribution >= 0.6 is 0 Å². The third-order valence-electron chi connectivity index (χ3n) is 5.71. The maximum Gasteiger partial charge on any atom is 0.255 e. The topological polar surface area (TPSA) is 101 Å². The molecular formula is C23H30N6O2. The van der Waals surface area contributed by atoms with Crippen LogP contribution < -0.4 is 10.6 Å². The third-order valence-corrected chi connectivity index (χ3v) is 5.71. The molecule has 1 unspecified atom stereocenters. The fourth-order valence-corrected chi connectivity index (χ4v) is 3.99. The highest BCUT2D eigenvalue weighted by atomic mass is 16.4. The van der Waals surface area contributed by atoms with Crippen molar-refractivity contribution in [1.29, 1.82) is 0 Å². The molecule has 2 N–H and O–H groups in total. The van der Waals surface area contributed by atoms with Crippen molar-refractivity contribution in [3.05, 3.63) is 53.9 Å². The number of benzene rings is 1. The first-order valence-electron chi connectivity index (χ1n) is 11.1. The van der Waals surface area contributed by atoms with Crippen LogP contribution in [0.5, 0.6) is 0 Å². The fraction of sp³-hybridized carbons (Fsp3) is 0.478. The second-order valence-electron chi connectivity index (χ2n) is 8.04. The van der Waals surface area contributed by atoms with E-state index in [-0.39, 0.29) is 5.91 Å². The summed E-state index contributed by atoms with van der Waals surface area (Å²) >= 11 is 0. The lowest BCUT2D eigenvalue weighted by atomic mass is 9.94. The van der Waals surface area contributed by atoms with Crippen LogP contribution in [0.3, 0.4) is 0 Å². The molecule has 0 spiro atoms. The molecule has 4 rings (SSSR count). The van der Waals surface area contributed by atoms with Gasteiger partial charge in [-0.2, -0.15) is 5.10 Å². The molecule has 8 heteroatoms. The van der Waals surface area contributed by atoms with Crippen LogP contribution in [-0.2, 0) is 4.79 Å². The zero-order valence-electron chi connectivity index (χ0n) is 18.0. The van der Waals surface area contributed by atoms with E-state index in [1.807, 2.05) is 0 Å². The minimum absolute atomic E-state index is 0.0787. The minimum atomic E-state index is -0.501. The quantitative estimate of drug-likeness (QED) is 0.622. The first-order valence-corrected chi connectivity index (χ1v) is 11.1. The maximum absolute atomic E-state index is 13.1. The third kappa shape index (κ3) is 5.02. The number of aromatic nitrogens is 2. The van der Waals surface area contributed by atoms with E-state index in [4.69, 9.17) is 15.3 Å². The molecule has 1 aromatic heterocycles. The largest absolute Gasteiger partial charge is 0.425 e. The summed E-state index contributed by atoms with van der Waals surface area (Å²) in [6.07, 6.45) is 9.79. The number of hydrazone groups is 1. The lowest BCUT2D eigenvalue weighted by Gasteiger charge is -2.28. The lowest BCUT2D eigenvalue weighted by Crippen LogP contribution is -2.38. The molecule has 31 heavy (non-hydrogen) atoms. The van der Waals surface area contributed by atoms with Crippen molar-refractivity contribution in [2.45, 2.75) is 51.4 Å². The number of anilines is 1. The Kier molecular flexibility index (Phi) is 6.76. The highest BCUT2D eigenvalue weighted by Gasteiger charge is 2.36. The van der Waals surface area contributed by atoms with Gasteiger partial charge < -0.3 is 15.1 Å². The Labute approximate surface area is 182 Å². The number of rotatable bonds is 9. The molecule has 0 saturated carbocycles. The summed E-state index contributed by atoms with van der Waals surface area (Å²) in [4.78, 5) is 15.3. The molecule has 0 saturated heterocycles. The van der Waals surface area contributed by atoms with Crippen molar-refractivity contribution in [2.75, 3.05) is 24.5 Å². The zero-order chi connectivity index (χ0) is 21.6. The van der Waals surface area contributed by atoms with Gasteiger partial charge in [0.2, 0.25) is 11.8 Å². The maximum atomic E-state index is 13.1. The Morgan fingerprint density at radius 3 is 2.61 bits per heavy atom. The van der Waals surface area contributed by atoms with Gasteiger partial charge in [0.1, 0.15) is 5.92 Å². The van der Waals surface area contributed by atoms with E-state index in [0.717, 1.165) is 55.6 Å². The Morgan fingerprint density at radius 1 is 1.13 bits per heavy atom. The Hall–Kier alpha value is -3.00. The number of aryl methyl sites for hydroxylation is 1. The van der Waals surface area contributed by atoms with Gasteiger partial charge >= 0.3 is 0 Å². The van der Waals surface area contributed by atoms with Crippen molar-refractivity contribution >= 4 is 17.3 Å². The predicted octanol–water partition coefficient (Wildman–Crippen LogP) is 3.34. The van der Waals surface area contributed by atoms with Crippen LogP contribution in [0, 0.1) is 6.92 Å². The summed E-state index contributed by atoms with van der Waals surface area (Å²) in [6.45, 7) is 4.02. The molecule has 2 aliphatic rings. The highest BCUT2D eigenvalue weighted by Crippen LogP contribution is 2.29. The first kappa shape index (κ1) is 21.2. The summed E-state index contributed by atoms with van der Waals surface area (Å²) in [5.41, 5.74) is 8.61. The van der Waals surface area contributed by atoms with Gasteiger partial charge in [-0.25, -0.2) is 5.01 Å². The number of nitrogens with two attached hydrogens (primary N) is 1. The van der Waals surface area contributed by atoms with Crippen LogP contribution in [0.25, 0.3) is 0 Å². The number of unbranched alkanes of at least 4 members (excludes halogenated alkanes) is 3. The summed E-state index contributed by atoms with van der Waals surface area (Å²) in [5, 5.41) is 14.3. The van der Waals surface area contributed by atoms with Crippen LogP contribution in [0.15, 0.2) is 46.1 Å². The number of carbonyl (C=O) groups excluding carboxylic acids is 1. The average molecular weight is 423 g/mol. The van der Waals surface area contributed by atoms with E-state index in [1.165, 1.54) is 0 Å². The predicted molar refractivity (Wildman–Crippen MR) is 120 cm³/mol. The molecule has 2 aliphatic heterocycles. The molecule has 3 heterocycles. The Balaban J connectivity index is 1.54. The lowest BCUT2D eigenvalue weighted by molar-refractivity contribution is -0.134. The second kappa shape index (κ2) is 9.87. The van der Waals surface area contributed by atoms with Gasteiger partial charge in [0.25, 0.3) is 5.91 Å². The van der Waals surface area contributed by atoms with E-state index in [1.54, 1.807) is 11.9 Å². The van der Waals surface area contributed by atoms with Crippen molar-refractivity contribution in [2.24, 2.45) is 10.8 Å². The van der Waals surface area contributed by atoms with Crippen molar-refractivity contribution < 1.29 is 9.21 Å². The van der Waals surface area contributed by atoms with Crippen molar-refractivity contribution in [1.82, 2.24) is 15.2 Å². The molecule has 1 atom stereocenters. The average Bonchev–Trinajstić information content (AvgIpc) is 3.47. The van der Waals surface area contributed by atoms with Crippen molar-refractivity contribution in [3.8, 4) is 0 Å². The normalized spacial score (nSPS) is 18.7. The molecule has 8 nitrogen and oxygen atoms in total. The van der Waals surface area contributed by atoms with Gasteiger partial charge in [-0.1, -0.05) is 31.1 Å².